The molecule has 6 heteroatoms. The number of carbonyl (C=O) groups is 1. The van der Waals surface area contributed by atoms with Crippen molar-refractivity contribution >= 4 is 5.78 Å². The number of hydrogen-bond donors (Lipinski definition) is 4. The van der Waals surface area contributed by atoms with Crippen molar-refractivity contribution < 1.29 is 30.0 Å². The molecule has 1 aliphatic carbocycles. The van der Waals surface area contributed by atoms with Gasteiger partial charge in [-0.15, -0.1) is 0 Å². The number of benzene rings is 1. The van der Waals surface area contributed by atoms with Gasteiger partial charge in [0.15, 0.2) is 5.78 Å². The second-order valence-corrected chi connectivity index (χ2v) is 12.0. The summed E-state index contributed by atoms with van der Waals surface area (Å²) in [6, 6.07) is 7.43. The second kappa shape index (κ2) is 14.3. The molecule has 218 valence electrons. The summed E-state index contributed by atoms with van der Waals surface area (Å²) in [5, 5.41) is 39.6. The normalized spacial score (nSPS) is 28.1. The van der Waals surface area contributed by atoms with Crippen LogP contribution in [0.2, 0.25) is 0 Å². The van der Waals surface area contributed by atoms with E-state index in [4.69, 9.17) is 4.74 Å². The Morgan fingerprint density at radius 1 is 0.975 bits per heavy atom. The Morgan fingerprint density at radius 2 is 1.62 bits per heavy atom. The molecule has 3 rings (SSSR count). The van der Waals surface area contributed by atoms with Crippen molar-refractivity contribution in [2.45, 2.75) is 97.2 Å². The molecule has 0 radical (unpaired) electrons. The molecule has 6 nitrogen and oxygen atoms in total. The van der Waals surface area contributed by atoms with Crippen LogP contribution in [0.15, 0.2) is 83.0 Å². The van der Waals surface area contributed by atoms with Crippen LogP contribution >= 0.6 is 0 Å². The summed E-state index contributed by atoms with van der Waals surface area (Å²) in [6.45, 7) is 10.4. The van der Waals surface area contributed by atoms with E-state index in [2.05, 4.69) is 45.9 Å². The van der Waals surface area contributed by atoms with Crippen molar-refractivity contribution in [3.05, 3.63) is 94.1 Å². The average Bonchev–Trinajstić information content (AvgIpc) is 2.89. The average molecular weight is 551 g/mol. The van der Waals surface area contributed by atoms with E-state index in [0.717, 1.165) is 22.3 Å². The lowest BCUT2D eigenvalue weighted by Gasteiger charge is -2.40. The Bertz CT molecular complexity index is 1170. The molecular formula is C34H46O6. The van der Waals surface area contributed by atoms with Gasteiger partial charge in [0, 0.05) is 12.8 Å². The summed E-state index contributed by atoms with van der Waals surface area (Å²) in [7, 11) is 0. The number of ketones is 1. The van der Waals surface area contributed by atoms with E-state index in [1.807, 2.05) is 43.3 Å². The monoisotopic (exact) mass is 550 g/mol. The van der Waals surface area contributed by atoms with E-state index in [9.17, 15) is 25.2 Å². The topological polar surface area (TPSA) is 107 Å². The number of aliphatic hydroxyl groups excluding tert-OH is 4. The molecule has 1 heterocycles. The summed E-state index contributed by atoms with van der Waals surface area (Å²) in [6.07, 6.45) is 10.6. The number of hydrogen-bond acceptors (Lipinski definition) is 6. The van der Waals surface area contributed by atoms with Gasteiger partial charge >= 0.3 is 0 Å². The second-order valence-electron chi connectivity index (χ2n) is 12.0. The number of allylic oxidation sites excluding steroid dienone is 10. The first-order valence-corrected chi connectivity index (χ1v) is 14.2. The minimum Gasteiger partial charge on any atom is -0.394 e. The maximum Gasteiger partial charge on any atom is 0.160 e. The third-order valence-corrected chi connectivity index (χ3v) is 7.99. The molecule has 1 fully saturated rings. The molecule has 0 bridgehead atoms. The molecule has 0 saturated carbocycles. The highest BCUT2D eigenvalue weighted by Gasteiger charge is 2.43. The Hall–Kier alpha value is -2.61. The van der Waals surface area contributed by atoms with Gasteiger partial charge in [0.25, 0.3) is 0 Å². The van der Waals surface area contributed by atoms with Crippen molar-refractivity contribution in [2.75, 3.05) is 6.61 Å². The zero-order chi connectivity index (χ0) is 29.4. The fraction of sp³-hybridized carbons (Fsp3) is 0.500. The molecule has 0 amide bonds. The predicted octanol–water partition coefficient (Wildman–Crippen LogP) is 4.71. The van der Waals surface area contributed by atoms with Crippen LogP contribution in [0.5, 0.6) is 0 Å². The van der Waals surface area contributed by atoms with Crippen LogP contribution in [0.1, 0.15) is 65.0 Å². The van der Waals surface area contributed by atoms with E-state index in [-0.39, 0.29) is 17.6 Å². The molecule has 4 N–H and O–H groups in total. The third-order valence-electron chi connectivity index (χ3n) is 7.99. The molecule has 0 unspecified atom stereocenters. The molecule has 1 aromatic rings. The van der Waals surface area contributed by atoms with Gasteiger partial charge in [-0.05, 0) is 73.8 Å². The number of carbonyl (C=O) groups excluding carboxylic acids is 1. The van der Waals surface area contributed by atoms with Crippen LogP contribution in [0.4, 0.5) is 0 Å². The fourth-order valence-corrected chi connectivity index (χ4v) is 5.56. The van der Waals surface area contributed by atoms with Crippen LogP contribution in [0.25, 0.3) is 0 Å². The standard InChI is InChI=1S/C34H46O6/c1-22(11-16-28-24(3)10-7-17-34(28,4)5)8-6-9-23(2)18-27(36)19-25-12-14-26(15-13-25)20-29-31(37)33(39)32(38)30(21-35)40-29/h6,8-9,11-16,18,29-33,35,37-39H,7,10,17,19-21H2,1-5H3/t29-,30+,31-,32+,33+/m0/s1. The Balaban J connectivity index is 1.53. The lowest BCUT2D eigenvalue weighted by atomic mass is 9.72. The van der Waals surface area contributed by atoms with Crippen molar-refractivity contribution in [1.29, 1.82) is 0 Å². The van der Waals surface area contributed by atoms with E-state index < -0.39 is 37.1 Å². The number of ether oxygens (including phenoxy) is 1. The van der Waals surface area contributed by atoms with Crippen LogP contribution in [-0.2, 0) is 22.4 Å². The summed E-state index contributed by atoms with van der Waals surface area (Å²) in [4.78, 5) is 12.6. The van der Waals surface area contributed by atoms with Gasteiger partial charge in [0.1, 0.15) is 24.4 Å². The molecule has 1 aliphatic heterocycles. The van der Waals surface area contributed by atoms with Crippen LogP contribution in [0, 0.1) is 5.41 Å². The molecular weight excluding hydrogens is 504 g/mol. The van der Waals surface area contributed by atoms with E-state index in [0.29, 0.717) is 6.42 Å². The van der Waals surface area contributed by atoms with Crippen LogP contribution in [-0.4, -0.2) is 63.3 Å². The minimum absolute atomic E-state index is 0.00590. The predicted molar refractivity (Wildman–Crippen MR) is 159 cm³/mol. The Kier molecular flexibility index (Phi) is 11.4. The summed E-state index contributed by atoms with van der Waals surface area (Å²) < 4.78 is 5.59. The largest absolute Gasteiger partial charge is 0.394 e. The molecule has 0 spiro atoms. The van der Waals surface area contributed by atoms with E-state index in [1.165, 1.54) is 30.4 Å². The van der Waals surface area contributed by atoms with Gasteiger partial charge in [-0.25, -0.2) is 0 Å². The first kappa shape index (κ1) is 31.9. The Morgan fingerprint density at radius 3 is 2.27 bits per heavy atom. The van der Waals surface area contributed by atoms with Crippen molar-refractivity contribution in [3.8, 4) is 0 Å². The zero-order valence-electron chi connectivity index (χ0n) is 24.5. The molecule has 2 aliphatic rings. The lowest BCUT2D eigenvalue weighted by Crippen LogP contribution is -2.58. The van der Waals surface area contributed by atoms with Gasteiger partial charge in [-0.1, -0.05) is 79.6 Å². The smallest absolute Gasteiger partial charge is 0.160 e. The SMILES string of the molecule is CC(C=CC1=C(C)CCCC1(C)C)=CC=CC(C)=CC(=O)Cc1ccc(C[C@@H]2O[C@H](CO)[C@@H](O)[C@H](O)[C@H]2O)cc1. The van der Waals surface area contributed by atoms with Gasteiger partial charge in [0.05, 0.1) is 12.7 Å². The highest BCUT2D eigenvalue weighted by molar-refractivity contribution is 5.92. The van der Waals surface area contributed by atoms with E-state index in [1.54, 1.807) is 6.08 Å². The maximum atomic E-state index is 12.6. The summed E-state index contributed by atoms with van der Waals surface area (Å²) in [5.41, 5.74) is 6.90. The zero-order valence-corrected chi connectivity index (χ0v) is 24.5. The summed E-state index contributed by atoms with van der Waals surface area (Å²) >= 11 is 0. The lowest BCUT2D eigenvalue weighted by molar-refractivity contribution is -0.228. The van der Waals surface area contributed by atoms with Crippen LogP contribution in [0.3, 0.4) is 0 Å². The quantitative estimate of drug-likeness (QED) is 0.248. The van der Waals surface area contributed by atoms with Crippen molar-refractivity contribution in [2.24, 2.45) is 5.41 Å². The van der Waals surface area contributed by atoms with Gasteiger partial charge in [0.2, 0.25) is 0 Å². The molecule has 0 aromatic heterocycles. The van der Waals surface area contributed by atoms with Crippen molar-refractivity contribution in [1.82, 2.24) is 0 Å². The third kappa shape index (κ3) is 8.69. The van der Waals surface area contributed by atoms with Gasteiger partial charge in [-0.2, -0.15) is 0 Å². The Labute approximate surface area is 239 Å². The minimum atomic E-state index is -1.39. The number of aliphatic hydroxyl groups is 4. The molecule has 40 heavy (non-hydrogen) atoms. The number of rotatable bonds is 10. The van der Waals surface area contributed by atoms with Gasteiger partial charge in [-0.3, -0.25) is 4.79 Å². The first-order chi connectivity index (χ1) is 18.9. The highest BCUT2D eigenvalue weighted by atomic mass is 16.5. The van der Waals surface area contributed by atoms with Gasteiger partial charge < -0.3 is 25.2 Å². The van der Waals surface area contributed by atoms with Crippen LogP contribution < -0.4 is 0 Å². The van der Waals surface area contributed by atoms with Crippen molar-refractivity contribution in [3.63, 3.8) is 0 Å². The highest BCUT2D eigenvalue weighted by Crippen LogP contribution is 2.40. The molecule has 1 aromatic carbocycles. The fourth-order valence-electron chi connectivity index (χ4n) is 5.56. The molecule has 5 atom stereocenters. The maximum absolute atomic E-state index is 12.6. The first-order valence-electron chi connectivity index (χ1n) is 14.2. The molecule has 1 saturated heterocycles. The van der Waals surface area contributed by atoms with E-state index >= 15 is 0 Å². The summed E-state index contributed by atoms with van der Waals surface area (Å²) in [5.74, 6) is 0.00590.